The topological polar surface area (TPSA) is 42.0 Å². The number of carbonyl (C=O) groups excluding carboxylic acids is 1. The summed E-state index contributed by atoms with van der Waals surface area (Å²) in [4.78, 5) is 16.6. The number of nitrogens with one attached hydrogen (secondary N) is 1. The second-order valence-electron chi connectivity index (χ2n) is 6.78. The van der Waals surface area contributed by atoms with Crippen molar-refractivity contribution in [2.24, 2.45) is 17.3 Å². The average Bonchev–Trinajstić information content (AvgIpc) is 2.96. The summed E-state index contributed by atoms with van der Waals surface area (Å²) in [5.41, 5.74) is 2.47. The molecule has 21 heavy (non-hydrogen) atoms. The van der Waals surface area contributed by atoms with Crippen LogP contribution in [0.15, 0.2) is 36.0 Å². The number of rotatable bonds is 6. The molecule has 1 aromatic heterocycles. The van der Waals surface area contributed by atoms with Crippen LogP contribution in [0.3, 0.4) is 0 Å². The average molecular weight is 286 g/mol. The number of aromatic nitrogens is 1. The van der Waals surface area contributed by atoms with Gasteiger partial charge in [-0.3, -0.25) is 9.78 Å². The Kier molecular flexibility index (Phi) is 4.81. The van der Waals surface area contributed by atoms with Crippen molar-refractivity contribution in [3.05, 3.63) is 41.7 Å². The van der Waals surface area contributed by atoms with E-state index in [0.717, 1.165) is 25.1 Å². The zero-order chi connectivity index (χ0) is 15.5. The van der Waals surface area contributed by atoms with Gasteiger partial charge < -0.3 is 5.32 Å². The molecular weight excluding hydrogens is 260 g/mol. The molecule has 1 aliphatic carbocycles. The lowest BCUT2D eigenvalue weighted by molar-refractivity contribution is -0.123. The van der Waals surface area contributed by atoms with E-state index in [9.17, 15) is 4.79 Å². The summed E-state index contributed by atoms with van der Waals surface area (Å²) in [7, 11) is 0. The molecule has 1 saturated carbocycles. The molecule has 1 N–H and O–H groups in total. The zero-order valence-corrected chi connectivity index (χ0v) is 13.5. The summed E-state index contributed by atoms with van der Waals surface area (Å²) in [6.07, 6.45) is 5.89. The van der Waals surface area contributed by atoms with Gasteiger partial charge in [-0.05, 0) is 50.2 Å². The van der Waals surface area contributed by atoms with Crippen LogP contribution in [0.25, 0.3) is 0 Å². The third-order valence-corrected chi connectivity index (χ3v) is 4.34. The molecule has 1 aliphatic rings. The SMILES string of the molecule is CC(C)=CC1C(C(=O)NCCCc2ccccn2)C1(C)C. The Hall–Kier alpha value is -1.64. The van der Waals surface area contributed by atoms with Crippen LogP contribution >= 0.6 is 0 Å². The molecule has 2 atom stereocenters. The van der Waals surface area contributed by atoms with Crippen molar-refractivity contribution in [2.45, 2.75) is 40.5 Å². The van der Waals surface area contributed by atoms with E-state index < -0.39 is 0 Å². The van der Waals surface area contributed by atoms with Crippen LogP contribution in [0.4, 0.5) is 0 Å². The maximum Gasteiger partial charge on any atom is 0.224 e. The fourth-order valence-electron chi connectivity index (χ4n) is 2.99. The van der Waals surface area contributed by atoms with Crippen molar-refractivity contribution in [1.29, 1.82) is 0 Å². The van der Waals surface area contributed by atoms with E-state index >= 15 is 0 Å². The van der Waals surface area contributed by atoms with Gasteiger partial charge in [-0.2, -0.15) is 0 Å². The van der Waals surface area contributed by atoms with Gasteiger partial charge in [-0.1, -0.05) is 31.6 Å². The van der Waals surface area contributed by atoms with Crippen molar-refractivity contribution in [2.75, 3.05) is 6.54 Å². The van der Waals surface area contributed by atoms with Gasteiger partial charge in [-0.15, -0.1) is 0 Å². The Morgan fingerprint density at radius 2 is 2.14 bits per heavy atom. The number of amides is 1. The Balaban J connectivity index is 1.74. The number of nitrogens with zero attached hydrogens (tertiary/aromatic N) is 1. The predicted octanol–water partition coefficient (Wildman–Crippen LogP) is 3.37. The summed E-state index contributed by atoms with van der Waals surface area (Å²) in [5, 5.41) is 3.08. The van der Waals surface area contributed by atoms with E-state index in [1.54, 1.807) is 0 Å². The second-order valence-corrected chi connectivity index (χ2v) is 6.78. The highest BCUT2D eigenvalue weighted by molar-refractivity contribution is 5.83. The van der Waals surface area contributed by atoms with Crippen molar-refractivity contribution in [3.63, 3.8) is 0 Å². The summed E-state index contributed by atoms with van der Waals surface area (Å²) in [6, 6.07) is 5.94. The first-order valence-electron chi connectivity index (χ1n) is 7.75. The minimum Gasteiger partial charge on any atom is -0.356 e. The lowest BCUT2D eigenvalue weighted by atomic mass is 10.1. The van der Waals surface area contributed by atoms with Gasteiger partial charge in [0, 0.05) is 18.4 Å². The summed E-state index contributed by atoms with van der Waals surface area (Å²) in [5.74, 6) is 0.712. The quantitative estimate of drug-likeness (QED) is 0.643. The highest BCUT2D eigenvalue weighted by Crippen LogP contribution is 2.59. The fourth-order valence-corrected chi connectivity index (χ4v) is 2.99. The number of carbonyl (C=O) groups is 1. The molecule has 1 heterocycles. The standard InChI is InChI=1S/C18H26N2O/c1-13(2)12-15-16(18(15,3)4)17(21)20-11-7-9-14-8-5-6-10-19-14/h5-6,8,10,12,15-16H,7,9,11H2,1-4H3,(H,20,21). The fraction of sp³-hybridized carbons (Fsp3) is 0.556. The zero-order valence-electron chi connectivity index (χ0n) is 13.5. The van der Waals surface area contributed by atoms with E-state index in [1.165, 1.54) is 5.57 Å². The Morgan fingerprint density at radius 3 is 2.76 bits per heavy atom. The normalized spacial score (nSPS) is 22.5. The molecule has 0 radical (unpaired) electrons. The van der Waals surface area contributed by atoms with Crippen molar-refractivity contribution in [1.82, 2.24) is 10.3 Å². The van der Waals surface area contributed by atoms with Gasteiger partial charge >= 0.3 is 0 Å². The highest BCUT2D eigenvalue weighted by Gasteiger charge is 2.60. The molecule has 2 rings (SSSR count). The van der Waals surface area contributed by atoms with E-state index in [-0.39, 0.29) is 17.2 Å². The third kappa shape index (κ3) is 3.93. The molecule has 3 heteroatoms. The third-order valence-electron chi connectivity index (χ3n) is 4.34. The number of aryl methyl sites for hydroxylation is 1. The molecule has 114 valence electrons. The molecule has 0 bridgehead atoms. The number of hydrogen-bond acceptors (Lipinski definition) is 2. The summed E-state index contributed by atoms with van der Waals surface area (Å²) < 4.78 is 0. The number of hydrogen-bond donors (Lipinski definition) is 1. The molecule has 0 aliphatic heterocycles. The molecule has 0 aromatic carbocycles. The van der Waals surface area contributed by atoms with Crippen molar-refractivity contribution >= 4 is 5.91 Å². The minimum absolute atomic E-state index is 0.0995. The summed E-state index contributed by atoms with van der Waals surface area (Å²) >= 11 is 0. The molecule has 0 spiro atoms. The molecule has 1 aromatic rings. The van der Waals surface area contributed by atoms with Crippen LogP contribution in [-0.2, 0) is 11.2 Å². The van der Waals surface area contributed by atoms with Crippen LogP contribution < -0.4 is 5.32 Å². The largest absolute Gasteiger partial charge is 0.356 e. The molecule has 1 fully saturated rings. The van der Waals surface area contributed by atoms with E-state index in [1.807, 2.05) is 24.4 Å². The Labute approximate surface area is 127 Å². The monoisotopic (exact) mass is 286 g/mol. The number of allylic oxidation sites excluding steroid dienone is 2. The van der Waals surface area contributed by atoms with E-state index in [4.69, 9.17) is 0 Å². The van der Waals surface area contributed by atoms with Gasteiger partial charge in [0.2, 0.25) is 5.91 Å². The van der Waals surface area contributed by atoms with Crippen LogP contribution in [0.1, 0.15) is 39.8 Å². The molecule has 3 nitrogen and oxygen atoms in total. The number of pyridine rings is 1. The van der Waals surface area contributed by atoms with E-state index in [2.05, 4.69) is 44.1 Å². The van der Waals surface area contributed by atoms with Crippen LogP contribution in [0, 0.1) is 17.3 Å². The highest BCUT2D eigenvalue weighted by atomic mass is 16.2. The maximum absolute atomic E-state index is 12.3. The van der Waals surface area contributed by atoms with Gasteiger partial charge in [0.1, 0.15) is 0 Å². The predicted molar refractivity (Wildman–Crippen MR) is 85.8 cm³/mol. The molecule has 1 amide bonds. The first-order chi connectivity index (χ1) is 9.93. The van der Waals surface area contributed by atoms with Crippen LogP contribution in [0.5, 0.6) is 0 Å². The van der Waals surface area contributed by atoms with Gasteiger partial charge in [-0.25, -0.2) is 0 Å². The second kappa shape index (κ2) is 6.42. The van der Waals surface area contributed by atoms with E-state index in [0.29, 0.717) is 5.92 Å². The lowest BCUT2D eigenvalue weighted by Gasteiger charge is -2.06. The summed E-state index contributed by atoms with van der Waals surface area (Å²) in [6.45, 7) is 9.26. The van der Waals surface area contributed by atoms with Gasteiger partial charge in [0.15, 0.2) is 0 Å². The van der Waals surface area contributed by atoms with Gasteiger partial charge in [0.05, 0.1) is 5.92 Å². The molecule has 0 saturated heterocycles. The van der Waals surface area contributed by atoms with Crippen LogP contribution in [-0.4, -0.2) is 17.4 Å². The molecule has 2 unspecified atom stereocenters. The Bertz CT molecular complexity index is 515. The smallest absolute Gasteiger partial charge is 0.224 e. The van der Waals surface area contributed by atoms with Crippen molar-refractivity contribution in [3.8, 4) is 0 Å². The molecular formula is C18H26N2O. The lowest BCUT2D eigenvalue weighted by Crippen LogP contribution is -2.28. The van der Waals surface area contributed by atoms with Crippen LogP contribution in [0.2, 0.25) is 0 Å². The van der Waals surface area contributed by atoms with Gasteiger partial charge in [0.25, 0.3) is 0 Å². The maximum atomic E-state index is 12.3. The van der Waals surface area contributed by atoms with Crippen molar-refractivity contribution < 1.29 is 4.79 Å². The first-order valence-corrected chi connectivity index (χ1v) is 7.75. The first kappa shape index (κ1) is 15.7. The Morgan fingerprint density at radius 1 is 1.38 bits per heavy atom. The minimum atomic E-state index is 0.0995.